The lowest BCUT2D eigenvalue weighted by Gasteiger charge is -2.19. The van der Waals surface area contributed by atoms with Crippen LogP contribution in [0, 0.1) is 5.82 Å². The molecule has 2 rings (SSSR count). The molecule has 128 valence electrons. The Morgan fingerprint density at radius 2 is 1.75 bits per heavy atom. The molecule has 0 radical (unpaired) electrons. The highest BCUT2D eigenvalue weighted by Crippen LogP contribution is 2.28. The Hall–Kier alpha value is -2.25. The van der Waals surface area contributed by atoms with E-state index in [-0.39, 0.29) is 18.0 Å². The number of ether oxygens (including phenoxy) is 1. The molecule has 1 unspecified atom stereocenters. The van der Waals surface area contributed by atoms with E-state index in [0.717, 1.165) is 12.1 Å². The summed E-state index contributed by atoms with van der Waals surface area (Å²) in [5.41, 5.74) is 0.541. The summed E-state index contributed by atoms with van der Waals surface area (Å²) < 4.78 is 43.6. The van der Waals surface area contributed by atoms with E-state index in [0.29, 0.717) is 5.56 Å². The summed E-state index contributed by atoms with van der Waals surface area (Å²) in [5, 5.41) is 1.57. The smallest absolute Gasteiger partial charge is 0.246 e. The fraction of sp³-hybridized carbons (Fsp3) is 0.235. The van der Waals surface area contributed by atoms with Gasteiger partial charge in [0.25, 0.3) is 0 Å². The lowest BCUT2D eigenvalue weighted by atomic mass is 10.1. The number of hydrogen-bond acceptors (Lipinski definition) is 4. The fourth-order valence-electron chi connectivity index (χ4n) is 2.25. The molecule has 2 aromatic carbocycles. The van der Waals surface area contributed by atoms with Crippen LogP contribution in [0.3, 0.4) is 0 Å². The molecular formula is C17H18FNO4S. The van der Waals surface area contributed by atoms with Crippen molar-refractivity contribution in [1.29, 1.82) is 0 Å². The van der Waals surface area contributed by atoms with Crippen molar-refractivity contribution >= 4 is 15.7 Å². The monoisotopic (exact) mass is 351 g/mol. The van der Waals surface area contributed by atoms with E-state index in [2.05, 4.69) is 5.32 Å². The molecule has 2 aromatic rings. The SMILES string of the molecule is COCC(=O)NCC(c1ccccc1)S(=O)(=O)c1ccc(F)cc1. The predicted molar refractivity (Wildman–Crippen MR) is 87.7 cm³/mol. The molecule has 1 N–H and O–H groups in total. The molecule has 5 nitrogen and oxygen atoms in total. The van der Waals surface area contributed by atoms with Gasteiger partial charge in [0.2, 0.25) is 5.91 Å². The van der Waals surface area contributed by atoms with Gasteiger partial charge in [-0.3, -0.25) is 4.79 Å². The number of benzene rings is 2. The van der Waals surface area contributed by atoms with E-state index in [1.54, 1.807) is 30.3 Å². The van der Waals surface area contributed by atoms with Crippen molar-refractivity contribution in [2.75, 3.05) is 20.3 Å². The molecule has 1 atom stereocenters. The molecule has 0 spiro atoms. The minimum absolute atomic E-state index is 0.00116. The first-order valence-electron chi connectivity index (χ1n) is 7.25. The summed E-state index contributed by atoms with van der Waals surface area (Å²) in [6.45, 7) is -0.260. The van der Waals surface area contributed by atoms with Crippen molar-refractivity contribution in [3.63, 3.8) is 0 Å². The molecule has 0 fully saturated rings. The van der Waals surface area contributed by atoms with Gasteiger partial charge in [-0.05, 0) is 29.8 Å². The predicted octanol–water partition coefficient (Wildman–Crippen LogP) is 2.10. The van der Waals surface area contributed by atoms with Crippen LogP contribution in [0.4, 0.5) is 4.39 Å². The summed E-state index contributed by atoms with van der Waals surface area (Å²) in [5.74, 6) is -0.925. The Morgan fingerprint density at radius 1 is 1.12 bits per heavy atom. The third-order valence-corrected chi connectivity index (χ3v) is 5.57. The maximum absolute atomic E-state index is 13.1. The maximum atomic E-state index is 13.1. The molecule has 7 heteroatoms. The van der Waals surface area contributed by atoms with Gasteiger partial charge in [-0.25, -0.2) is 12.8 Å². The van der Waals surface area contributed by atoms with Crippen LogP contribution in [0.25, 0.3) is 0 Å². The minimum atomic E-state index is -3.80. The average molecular weight is 351 g/mol. The van der Waals surface area contributed by atoms with Crippen molar-refractivity contribution in [2.24, 2.45) is 0 Å². The number of methoxy groups -OCH3 is 1. The van der Waals surface area contributed by atoms with Crippen LogP contribution in [0.5, 0.6) is 0 Å². The third-order valence-electron chi connectivity index (χ3n) is 3.45. The van der Waals surface area contributed by atoms with Gasteiger partial charge < -0.3 is 10.1 Å². The quantitative estimate of drug-likeness (QED) is 0.776. The zero-order valence-corrected chi connectivity index (χ0v) is 13.9. The van der Waals surface area contributed by atoms with Crippen molar-refractivity contribution in [2.45, 2.75) is 10.1 Å². The third kappa shape index (κ3) is 4.39. The summed E-state index contributed by atoms with van der Waals surface area (Å²) in [4.78, 5) is 11.6. The number of amides is 1. The summed E-state index contributed by atoms with van der Waals surface area (Å²) in [6.07, 6.45) is 0. The van der Waals surface area contributed by atoms with Crippen LogP contribution in [0.15, 0.2) is 59.5 Å². The van der Waals surface area contributed by atoms with Crippen molar-refractivity contribution in [3.05, 3.63) is 66.0 Å². The van der Waals surface area contributed by atoms with E-state index in [9.17, 15) is 17.6 Å². The van der Waals surface area contributed by atoms with Crippen LogP contribution in [-0.4, -0.2) is 34.6 Å². The average Bonchev–Trinajstić information content (AvgIpc) is 2.56. The van der Waals surface area contributed by atoms with Crippen LogP contribution < -0.4 is 5.32 Å². The number of hydrogen-bond donors (Lipinski definition) is 1. The summed E-state index contributed by atoms with van der Waals surface area (Å²) >= 11 is 0. The minimum Gasteiger partial charge on any atom is -0.375 e. The number of carbonyl (C=O) groups is 1. The Balaban J connectivity index is 2.34. The molecular weight excluding hydrogens is 333 g/mol. The molecule has 24 heavy (non-hydrogen) atoms. The Bertz CT molecular complexity index is 776. The highest BCUT2D eigenvalue weighted by atomic mass is 32.2. The van der Waals surface area contributed by atoms with Crippen molar-refractivity contribution < 1.29 is 22.3 Å². The van der Waals surface area contributed by atoms with Gasteiger partial charge in [0.15, 0.2) is 9.84 Å². The first-order valence-corrected chi connectivity index (χ1v) is 8.80. The van der Waals surface area contributed by atoms with E-state index in [1.165, 1.54) is 19.2 Å². The highest BCUT2D eigenvalue weighted by molar-refractivity contribution is 7.91. The van der Waals surface area contributed by atoms with Gasteiger partial charge in [0, 0.05) is 13.7 Å². The van der Waals surface area contributed by atoms with Crippen LogP contribution in [-0.2, 0) is 19.4 Å². The van der Waals surface area contributed by atoms with Crippen molar-refractivity contribution in [3.8, 4) is 0 Å². The van der Waals surface area contributed by atoms with Gasteiger partial charge >= 0.3 is 0 Å². The van der Waals surface area contributed by atoms with Crippen LogP contribution >= 0.6 is 0 Å². The number of sulfone groups is 1. The topological polar surface area (TPSA) is 72.5 Å². The lowest BCUT2D eigenvalue weighted by molar-refractivity contribution is -0.124. The Labute approximate surface area is 140 Å². The second-order valence-corrected chi connectivity index (χ2v) is 7.27. The van der Waals surface area contributed by atoms with Crippen LogP contribution in [0.1, 0.15) is 10.8 Å². The zero-order valence-electron chi connectivity index (χ0n) is 13.1. The molecule has 0 saturated carbocycles. The van der Waals surface area contributed by atoms with Crippen molar-refractivity contribution in [1.82, 2.24) is 5.32 Å². The molecule has 0 heterocycles. The van der Waals surface area contributed by atoms with E-state index in [4.69, 9.17) is 4.74 Å². The second-order valence-electron chi connectivity index (χ2n) is 5.14. The fourth-order valence-corrected chi connectivity index (χ4v) is 3.91. The Kier molecular flexibility index (Phi) is 6.05. The largest absolute Gasteiger partial charge is 0.375 e. The molecule has 0 aromatic heterocycles. The van der Waals surface area contributed by atoms with Gasteiger partial charge in [-0.1, -0.05) is 30.3 Å². The van der Waals surface area contributed by atoms with E-state index in [1.807, 2.05) is 0 Å². The normalized spacial score (nSPS) is 12.6. The van der Waals surface area contributed by atoms with E-state index >= 15 is 0 Å². The number of nitrogens with one attached hydrogen (secondary N) is 1. The number of carbonyl (C=O) groups excluding carboxylic acids is 1. The van der Waals surface area contributed by atoms with Crippen LogP contribution in [0.2, 0.25) is 0 Å². The van der Waals surface area contributed by atoms with Gasteiger partial charge in [-0.2, -0.15) is 0 Å². The van der Waals surface area contributed by atoms with Gasteiger partial charge in [0.1, 0.15) is 17.7 Å². The molecule has 0 saturated heterocycles. The maximum Gasteiger partial charge on any atom is 0.246 e. The second kappa shape index (κ2) is 8.03. The van der Waals surface area contributed by atoms with Gasteiger partial charge in [0.05, 0.1) is 4.90 Å². The standard InChI is InChI=1S/C17H18FNO4S/c1-23-12-17(20)19-11-16(13-5-3-2-4-6-13)24(21,22)15-9-7-14(18)8-10-15/h2-10,16H,11-12H2,1H3,(H,19,20). The number of halogens is 1. The molecule has 1 amide bonds. The summed E-state index contributed by atoms with van der Waals surface area (Å²) in [6, 6.07) is 13.2. The summed E-state index contributed by atoms with van der Waals surface area (Å²) in [7, 11) is -2.43. The Morgan fingerprint density at radius 3 is 2.33 bits per heavy atom. The molecule has 0 aliphatic carbocycles. The van der Waals surface area contributed by atoms with Gasteiger partial charge in [-0.15, -0.1) is 0 Å². The van der Waals surface area contributed by atoms with E-state index < -0.39 is 26.8 Å². The zero-order chi connectivity index (χ0) is 17.6. The molecule has 0 aliphatic heterocycles. The molecule has 0 aliphatic rings. The number of rotatable bonds is 7. The highest BCUT2D eigenvalue weighted by Gasteiger charge is 2.29. The molecule has 0 bridgehead atoms. The first-order chi connectivity index (χ1) is 11.4. The lowest BCUT2D eigenvalue weighted by Crippen LogP contribution is -2.34. The first kappa shape index (κ1) is 18.1.